The maximum atomic E-state index is 12.2. The number of carbonyl (C=O) groups is 2. The number of ether oxygens (including phenoxy) is 3. The van der Waals surface area contributed by atoms with Gasteiger partial charge in [-0.3, -0.25) is 4.79 Å². The molecule has 0 spiro atoms. The van der Waals surface area contributed by atoms with Crippen molar-refractivity contribution in [1.29, 1.82) is 0 Å². The molecule has 28 heavy (non-hydrogen) atoms. The summed E-state index contributed by atoms with van der Waals surface area (Å²) in [5.41, 5.74) is 0.814. The van der Waals surface area contributed by atoms with Crippen LogP contribution in [-0.4, -0.2) is 31.1 Å². The number of methoxy groups -OCH3 is 1. The molecule has 0 fully saturated rings. The zero-order valence-electron chi connectivity index (χ0n) is 16.4. The van der Waals surface area contributed by atoms with E-state index in [0.717, 1.165) is 5.56 Å². The number of nitrogens with one attached hydrogen (secondary N) is 1. The van der Waals surface area contributed by atoms with Crippen molar-refractivity contribution in [1.82, 2.24) is 5.32 Å². The highest BCUT2D eigenvalue weighted by Crippen LogP contribution is 2.29. The number of carbonyl (C=O) groups excluding carboxylic acids is 2. The van der Waals surface area contributed by atoms with E-state index in [9.17, 15) is 9.59 Å². The molecule has 2 aromatic rings. The number of hydrogen-bond donors (Lipinski definition) is 1. The third kappa shape index (κ3) is 6.78. The van der Waals surface area contributed by atoms with Gasteiger partial charge in [0.1, 0.15) is 6.61 Å². The van der Waals surface area contributed by atoms with Crippen molar-refractivity contribution < 1.29 is 23.8 Å². The lowest BCUT2D eigenvalue weighted by atomic mass is 10.1. The van der Waals surface area contributed by atoms with E-state index in [4.69, 9.17) is 25.8 Å². The number of hydrogen-bond acceptors (Lipinski definition) is 5. The number of halogens is 1. The number of rotatable bonds is 7. The molecule has 2 rings (SSSR count). The Morgan fingerprint density at radius 3 is 2.32 bits per heavy atom. The van der Waals surface area contributed by atoms with Crippen molar-refractivity contribution in [3.63, 3.8) is 0 Å². The molecular weight excluding hydrogens is 382 g/mol. The van der Waals surface area contributed by atoms with Crippen molar-refractivity contribution >= 4 is 23.5 Å². The van der Waals surface area contributed by atoms with E-state index in [-0.39, 0.29) is 18.1 Å². The van der Waals surface area contributed by atoms with Gasteiger partial charge in [0.15, 0.2) is 18.1 Å². The van der Waals surface area contributed by atoms with Crippen LogP contribution in [0.15, 0.2) is 42.5 Å². The van der Waals surface area contributed by atoms with Crippen LogP contribution in [0.2, 0.25) is 5.02 Å². The molecule has 0 radical (unpaired) electrons. The summed E-state index contributed by atoms with van der Waals surface area (Å²) in [5, 5.41) is 3.38. The Kier molecular flexibility index (Phi) is 7.29. The first-order valence-corrected chi connectivity index (χ1v) is 9.09. The second kappa shape index (κ2) is 9.46. The van der Waals surface area contributed by atoms with Crippen molar-refractivity contribution in [3.05, 3.63) is 58.6 Å². The molecule has 0 saturated carbocycles. The molecule has 0 aliphatic rings. The molecule has 7 heteroatoms. The average Bonchev–Trinajstić information content (AvgIpc) is 2.64. The summed E-state index contributed by atoms with van der Waals surface area (Å²) in [6.45, 7) is 5.51. The Morgan fingerprint density at radius 1 is 1.04 bits per heavy atom. The largest absolute Gasteiger partial charge is 0.493 e. The molecule has 0 atom stereocenters. The molecular formula is C21H24ClNO5. The van der Waals surface area contributed by atoms with Crippen LogP contribution in [0.3, 0.4) is 0 Å². The highest BCUT2D eigenvalue weighted by molar-refractivity contribution is 6.30. The molecule has 0 aromatic heterocycles. The smallest absolute Gasteiger partial charge is 0.338 e. The number of esters is 1. The van der Waals surface area contributed by atoms with Crippen molar-refractivity contribution in [3.8, 4) is 11.5 Å². The summed E-state index contributed by atoms with van der Waals surface area (Å²) in [7, 11) is 1.48. The summed E-state index contributed by atoms with van der Waals surface area (Å²) in [4.78, 5) is 24.0. The normalized spacial score (nSPS) is 10.9. The number of benzene rings is 2. The SMILES string of the molecule is COc1cc(C(=O)OCC(=O)NC(C)(C)C)ccc1OCc1ccc(Cl)cc1. The summed E-state index contributed by atoms with van der Waals surface area (Å²) in [6, 6.07) is 12.0. The maximum Gasteiger partial charge on any atom is 0.338 e. The van der Waals surface area contributed by atoms with E-state index in [1.807, 2.05) is 32.9 Å². The zero-order valence-corrected chi connectivity index (χ0v) is 17.1. The Hall–Kier alpha value is -2.73. The van der Waals surface area contributed by atoms with Crippen LogP contribution in [0, 0.1) is 0 Å². The van der Waals surface area contributed by atoms with E-state index >= 15 is 0 Å². The topological polar surface area (TPSA) is 73.9 Å². The number of amides is 1. The van der Waals surface area contributed by atoms with Crippen LogP contribution in [0.4, 0.5) is 0 Å². The molecule has 2 aromatic carbocycles. The molecule has 0 unspecified atom stereocenters. The lowest BCUT2D eigenvalue weighted by molar-refractivity contribution is -0.125. The van der Waals surface area contributed by atoms with Gasteiger partial charge in [0.05, 0.1) is 12.7 Å². The van der Waals surface area contributed by atoms with Gasteiger partial charge in [-0.05, 0) is 56.7 Å². The Bertz CT molecular complexity index is 828. The minimum Gasteiger partial charge on any atom is -0.493 e. The van der Waals surface area contributed by atoms with E-state index in [2.05, 4.69) is 5.32 Å². The predicted octanol–water partition coefficient (Wildman–Crippen LogP) is 4.00. The van der Waals surface area contributed by atoms with Gasteiger partial charge in [-0.25, -0.2) is 4.79 Å². The molecule has 1 N–H and O–H groups in total. The molecule has 0 aliphatic carbocycles. The van der Waals surface area contributed by atoms with Crippen LogP contribution < -0.4 is 14.8 Å². The fourth-order valence-corrected chi connectivity index (χ4v) is 2.45. The van der Waals surface area contributed by atoms with Crippen molar-refractivity contribution in [2.75, 3.05) is 13.7 Å². The second-order valence-electron chi connectivity index (χ2n) is 7.16. The van der Waals surface area contributed by atoms with Gasteiger partial charge < -0.3 is 19.5 Å². The molecule has 0 bridgehead atoms. The summed E-state index contributed by atoms with van der Waals surface area (Å²) < 4.78 is 16.1. The van der Waals surface area contributed by atoms with Crippen molar-refractivity contribution in [2.45, 2.75) is 32.9 Å². The monoisotopic (exact) mass is 405 g/mol. The van der Waals surface area contributed by atoms with E-state index in [1.54, 1.807) is 24.3 Å². The lowest BCUT2D eigenvalue weighted by Crippen LogP contribution is -2.42. The quantitative estimate of drug-likeness (QED) is 0.705. The molecule has 0 saturated heterocycles. The molecule has 150 valence electrons. The van der Waals surface area contributed by atoms with Crippen LogP contribution in [0.25, 0.3) is 0 Å². The van der Waals surface area contributed by atoms with E-state index < -0.39 is 11.5 Å². The first kappa shape index (κ1) is 21.6. The van der Waals surface area contributed by atoms with E-state index in [0.29, 0.717) is 23.1 Å². The highest BCUT2D eigenvalue weighted by atomic mass is 35.5. The zero-order chi connectivity index (χ0) is 20.7. The van der Waals surface area contributed by atoms with Gasteiger partial charge in [-0.2, -0.15) is 0 Å². The first-order chi connectivity index (χ1) is 13.2. The molecule has 1 amide bonds. The Morgan fingerprint density at radius 2 is 1.71 bits per heavy atom. The third-order valence-corrected chi connectivity index (χ3v) is 3.81. The Balaban J connectivity index is 1.98. The highest BCUT2D eigenvalue weighted by Gasteiger charge is 2.17. The second-order valence-corrected chi connectivity index (χ2v) is 7.59. The van der Waals surface area contributed by atoms with Gasteiger partial charge in [0.25, 0.3) is 5.91 Å². The molecule has 0 heterocycles. The van der Waals surface area contributed by atoms with Gasteiger partial charge in [0, 0.05) is 10.6 Å². The average molecular weight is 406 g/mol. The minimum absolute atomic E-state index is 0.263. The molecule has 6 nitrogen and oxygen atoms in total. The first-order valence-electron chi connectivity index (χ1n) is 8.71. The van der Waals surface area contributed by atoms with Crippen LogP contribution in [-0.2, 0) is 16.1 Å². The van der Waals surface area contributed by atoms with Crippen LogP contribution >= 0.6 is 11.6 Å². The summed E-state index contributed by atoms with van der Waals surface area (Å²) in [6.07, 6.45) is 0. The lowest BCUT2D eigenvalue weighted by Gasteiger charge is -2.20. The summed E-state index contributed by atoms with van der Waals surface area (Å²) in [5.74, 6) is -0.107. The minimum atomic E-state index is -0.619. The van der Waals surface area contributed by atoms with Gasteiger partial charge in [-0.1, -0.05) is 23.7 Å². The van der Waals surface area contributed by atoms with Gasteiger partial charge >= 0.3 is 5.97 Å². The van der Waals surface area contributed by atoms with Crippen LogP contribution in [0.5, 0.6) is 11.5 Å². The van der Waals surface area contributed by atoms with Crippen LogP contribution in [0.1, 0.15) is 36.7 Å². The van der Waals surface area contributed by atoms with Gasteiger partial charge in [-0.15, -0.1) is 0 Å². The predicted molar refractivity (Wildman–Crippen MR) is 107 cm³/mol. The third-order valence-electron chi connectivity index (χ3n) is 3.56. The Labute approximate surface area is 169 Å². The standard InChI is InChI=1S/C21H24ClNO5/c1-21(2,3)23-19(24)13-28-20(25)15-7-10-17(18(11-15)26-4)27-12-14-5-8-16(22)9-6-14/h5-11H,12-13H2,1-4H3,(H,23,24). The van der Waals surface area contributed by atoms with E-state index in [1.165, 1.54) is 13.2 Å². The maximum absolute atomic E-state index is 12.2. The van der Waals surface area contributed by atoms with Crippen molar-refractivity contribution in [2.24, 2.45) is 0 Å². The summed E-state index contributed by atoms with van der Waals surface area (Å²) >= 11 is 5.87. The van der Waals surface area contributed by atoms with Gasteiger partial charge in [0.2, 0.25) is 0 Å². The fraction of sp³-hybridized carbons (Fsp3) is 0.333. The molecule has 0 aliphatic heterocycles. The fourth-order valence-electron chi connectivity index (χ4n) is 2.32.